The molecule has 0 fully saturated rings. The standard InChI is InChI=1S/C17H26N4O3/c1-5-6-7-21(8-9-22)14(23)10-13-11(2)15-16(18-12(13)3)20(4)19-17(15)24/h22H,5-10H2,1-4H3,(H,19,24). The minimum atomic E-state index is -0.190. The number of hydrogen-bond donors (Lipinski definition) is 2. The Labute approximate surface area is 141 Å². The highest BCUT2D eigenvalue weighted by molar-refractivity contribution is 5.84. The van der Waals surface area contributed by atoms with E-state index in [0.717, 1.165) is 29.7 Å². The number of nitrogens with one attached hydrogen (secondary N) is 1. The molecular weight excluding hydrogens is 308 g/mol. The summed E-state index contributed by atoms with van der Waals surface area (Å²) in [5.74, 6) is -0.0443. The largest absolute Gasteiger partial charge is 0.395 e. The highest BCUT2D eigenvalue weighted by Gasteiger charge is 2.20. The Morgan fingerprint density at radius 3 is 2.67 bits per heavy atom. The van der Waals surface area contributed by atoms with Crippen molar-refractivity contribution in [2.75, 3.05) is 19.7 Å². The van der Waals surface area contributed by atoms with Gasteiger partial charge in [-0.05, 0) is 31.4 Å². The summed E-state index contributed by atoms with van der Waals surface area (Å²) in [5.41, 5.74) is 2.76. The first-order chi connectivity index (χ1) is 11.4. The van der Waals surface area contributed by atoms with Crippen molar-refractivity contribution in [2.24, 2.45) is 7.05 Å². The lowest BCUT2D eigenvalue weighted by molar-refractivity contribution is -0.131. The smallest absolute Gasteiger partial charge is 0.273 e. The molecule has 1 amide bonds. The molecule has 0 aliphatic heterocycles. The summed E-state index contributed by atoms with van der Waals surface area (Å²) in [6.45, 7) is 6.69. The molecule has 2 aromatic rings. The van der Waals surface area contributed by atoms with Gasteiger partial charge in [0.1, 0.15) is 0 Å². The van der Waals surface area contributed by atoms with Crippen LogP contribution in [0.5, 0.6) is 0 Å². The van der Waals surface area contributed by atoms with E-state index in [2.05, 4.69) is 17.0 Å². The second-order valence-electron chi connectivity index (χ2n) is 6.13. The lowest BCUT2D eigenvalue weighted by atomic mass is 10.0. The van der Waals surface area contributed by atoms with E-state index in [4.69, 9.17) is 0 Å². The summed E-state index contributed by atoms with van der Waals surface area (Å²) < 4.78 is 1.60. The summed E-state index contributed by atoms with van der Waals surface area (Å²) in [7, 11) is 1.74. The normalized spacial score (nSPS) is 11.2. The number of fused-ring (bicyclic) bond motifs is 1. The maximum Gasteiger partial charge on any atom is 0.273 e. The number of nitrogens with zero attached hydrogens (tertiary/aromatic N) is 3. The van der Waals surface area contributed by atoms with Crippen LogP contribution in [0, 0.1) is 13.8 Å². The first kappa shape index (κ1) is 18.2. The van der Waals surface area contributed by atoms with E-state index < -0.39 is 0 Å². The molecule has 0 spiro atoms. The van der Waals surface area contributed by atoms with Crippen LogP contribution in [0.3, 0.4) is 0 Å². The SMILES string of the molecule is CCCCN(CCO)C(=O)Cc1c(C)nc2c(c1C)c(=O)[nH]n2C. The molecule has 0 saturated heterocycles. The molecule has 0 unspecified atom stereocenters. The predicted octanol–water partition coefficient (Wildman–Crippen LogP) is 1.04. The summed E-state index contributed by atoms with van der Waals surface area (Å²) in [6.07, 6.45) is 2.08. The van der Waals surface area contributed by atoms with Gasteiger partial charge in [0.15, 0.2) is 5.65 Å². The number of carbonyl (C=O) groups is 1. The number of aryl methyl sites for hydroxylation is 3. The fourth-order valence-corrected chi connectivity index (χ4v) is 3.00. The zero-order chi connectivity index (χ0) is 17.9. The number of carbonyl (C=O) groups excluding carboxylic acids is 1. The van der Waals surface area contributed by atoms with Crippen molar-refractivity contribution in [2.45, 2.75) is 40.0 Å². The minimum Gasteiger partial charge on any atom is -0.395 e. The topological polar surface area (TPSA) is 91.2 Å². The zero-order valence-corrected chi connectivity index (χ0v) is 14.8. The van der Waals surface area contributed by atoms with E-state index in [1.54, 1.807) is 16.6 Å². The maximum absolute atomic E-state index is 12.6. The number of hydrogen-bond acceptors (Lipinski definition) is 4. The number of pyridine rings is 1. The number of aliphatic hydroxyl groups is 1. The fourth-order valence-electron chi connectivity index (χ4n) is 3.00. The number of aromatic amines is 1. The molecule has 0 saturated carbocycles. The van der Waals surface area contributed by atoms with E-state index in [1.807, 2.05) is 13.8 Å². The summed E-state index contributed by atoms with van der Waals surface area (Å²) >= 11 is 0. The van der Waals surface area contributed by atoms with Crippen LogP contribution in [0.2, 0.25) is 0 Å². The fraction of sp³-hybridized carbons (Fsp3) is 0.588. The van der Waals surface area contributed by atoms with Gasteiger partial charge in [-0.3, -0.25) is 19.4 Å². The summed E-state index contributed by atoms with van der Waals surface area (Å²) in [4.78, 5) is 30.9. The van der Waals surface area contributed by atoms with Crippen molar-refractivity contribution >= 4 is 16.9 Å². The van der Waals surface area contributed by atoms with Crippen molar-refractivity contribution < 1.29 is 9.90 Å². The van der Waals surface area contributed by atoms with Crippen LogP contribution in [0.1, 0.15) is 36.6 Å². The minimum absolute atomic E-state index is 0.0443. The van der Waals surface area contributed by atoms with Gasteiger partial charge in [-0.2, -0.15) is 0 Å². The van der Waals surface area contributed by atoms with Crippen molar-refractivity contribution in [3.63, 3.8) is 0 Å². The third-order valence-corrected chi connectivity index (χ3v) is 4.41. The predicted molar refractivity (Wildman–Crippen MR) is 93.1 cm³/mol. The van der Waals surface area contributed by atoms with Crippen LogP contribution >= 0.6 is 0 Å². The number of aromatic nitrogens is 3. The lowest BCUT2D eigenvalue weighted by Gasteiger charge is -2.22. The number of amides is 1. The third kappa shape index (κ3) is 3.51. The van der Waals surface area contributed by atoms with Crippen LogP contribution in [0.4, 0.5) is 0 Å². The van der Waals surface area contributed by atoms with Gasteiger partial charge >= 0.3 is 0 Å². The Balaban J connectivity index is 2.36. The van der Waals surface area contributed by atoms with E-state index >= 15 is 0 Å². The molecule has 0 aliphatic carbocycles. The third-order valence-electron chi connectivity index (χ3n) is 4.41. The Morgan fingerprint density at radius 1 is 1.33 bits per heavy atom. The number of rotatable bonds is 7. The van der Waals surface area contributed by atoms with Crippen molar-refractivity contribution in [1.82, 2.24) is 19.7 Å². The molecule has 2 heterocycles. The van der Waals surface area contributed by atoms with Crippen LogP contribution < -0.4 is 5.56 Å². The molecule has 0 radical (unpaired) electrons. The van der Waals surface area contributed by atoms with E-state index in [-0.39, 0.29) is 24.5 Å². The van der Waals surface area contributed by atoms with Crippen LogP contribution in [-0.4, -0.2) is 50.4 Å². The first-order valence-electron chi connectivity index (χ1n) is 8.34. The Morgan fingerprint density at radius 2 is 2.04 bits per heavy atom. The van der Waals surface area contributed by atoms with Crippen LogP contribution in [0.25, 0.3) is 11.0 Å². The molecule has 2 N–H and O–H groups in total. The van der Waals surface area contributed by atoms with Gasteiger partial charge in [0.05, 0.1) is 18.4 Å². The van der Waals surface area contributed by atoms with Gasteiger partial charge in [0, 0.05) is 25.8 Å². The highest BCUT2D eigenvalue weighted by Crippen LogP contribution is 2.20. The van der Waals surface area contributed by atoms with Gasteiger partial charge < -0.3 is 10.0 Å². The number of unbranched alkanes of at least 4 members (excludes halogenated alkanes) is 1. The molecule has 7 heteroatoms. The van der Waals surface area contributed by atoms with E-state index in [9.17, 15) is 14.7 Å². The zero-order valence-electron chi connectivity index (χ0n) is 14.8. The van der Waals surface area contributed by atoms with Crippen LogP contribution in [-0.2, 0) is 18.3 Å². The maximum atomic E-state index is 12.6. The van der Waals surface area contributed by atoms with Crippen LogP contribution in [0.15, 0.2) is 4.79 Å². The van der Waals surface area contributed by atoms with Crippen molar-refractivity contribution in [1.29, 1.82) is 0 Å². The van der Waals surface area contributed by atoms with Gasteiger partial charge in [0.25, 0.3) is 5.56 Å². The Hall–Kier alpha value is -2.15. The van der Waals surface area contributed by atoms with Gasteiger partial charge in [-0.15, -0.1) is 0 Å². The summed E-state index contributed by atoms with van der Waals surface area (Å²) in [6, 6.07) is 0. The van der Waals surface area contributed by atoms with Gasteiger partial charge in [-0.25, -0.2) is 4.98 Å². The van der Waals surface area contributed by atoms with Crippen molar-refractivity contribution in [3.8, 4) is 0 Å². The Kier molecular flexibility index (Phi) is 5.77. The van der Waals surface area contributed by atoms with E-state index in [1.165, 1.54) is 0 Å². The monoisotopic (exact) mass is 334 g/mol. The van der Waals surface area contributed by atoms with Gasteiger partial charge in [-0.1, -0.05) is 13.3 Å². The average Bonchev–Trinajstić information content (AvgIpc) is 2.81. The molecule has 2 rings (SSSR count). The highest BCUT2D eigenvalue weighted by atomic mass is 16.3. The Bertz CT molecular complexity index is 791. The lowest BCUT2D eigenvalue weighted by Crippen LogP contribution is -2.35. The number of aliphatic hydroxyl groups excluding tert-OH is 1. The molecule has 0 atom stereocenters. The second kappa shape index (κ2) is 7.61. The molecule has 7 nitrogen and oxygen atoms in total. The van der Waals surface area contributed by atoms with Crippen molar-refractivity contribution in [3.05, 3.63) is 27.2 Å². The first-order valence-corrected chi connectivity index (χ1v) is 8.34. The molecule has 0 aromatic carbocycles. The number of H-pyrrole nitrogens is 1. The molecular formula is C17H26N4O3. The molecule has 2 aromatic heterocycles. The second-order valence-corrected chi connectivity index (χ2v) is 6.13. The molecule has 0 bridgehead atoms. The molecule has 24 heavy (non-hydrogen) atoms. The quantitative estimate of drug-likeness (QED) is 0.791. The molecule has 0 aliphatic rings. The van der Waals surface area contributed by atoms with E-state index in [0.29, 0.717) is 24.1 Å². The molecule has 132 valence electrons. The van der Waals surface area contributed by atoms with Gasteiger partial charge in [0.2, 0.25) is 5.91 Å². The average molecular weight is 334 g/mol. The summed E-state index contributed by atoms with van der Waals surface area (Å²) in [5, 5.41) is 12.4.